The lowest BCUT2D eigenvalue weighted by atomic mass is 9.84. The Labute approximate surface area is 99.7 Å². The Morgan fingerprint density at radius 1 is 1.44 bits per heavy atom. The van der Waals surface area contributed by atoms with Gasteiger partial charge in [0.2, 0.25) is 0 Å². The van der Waals surface area contributed by atoms with Crippen molar-refractivity contribution in [3.63, 3.8) is 0 Å². The van der Waals surface area contributed by atoms with Gasteiger partial charge in [0.05, 0.1) is 6.61 Å². The number of hydrogen-bond donors (Lipinski definition) is 1. The molecule has 1 N–H and O–H groups in total. The van der Waals surface area contributed by atoms with Crippen LogP contribution in [0.3, 0.4) is 0 Å². The van der Waals surface area contributed by atoms with Crippen molar-refractivity contribution >= 4 is 17.6 Å². The smallest absolute Gasteiger partial charge is 0.331 e. The second-order valence-electron chi connectivity index (χ2n) is 3.87. The van der Waals surface area contributed by atoms with Gasteiger partial charge in [0, 0.05) is 10.6 Å². The average molecular weight is 240 g/mol. The summed E-state index contributed by atoms with van der Waals surface area (Å²) < 4.78 is 5.13. The van der Waals surface area contributed by atoms with Gasteiger partial charge in [-0.2, -0.15) is 0 Å². The van der Waals surface area contributed by atoms with E-state index in [1.807, 2.05) is 18.2 Å². The van der Waals surface area contributed by atoms with Gasteiger partial charge < -0.3 is 10.1 Å². The lowest BCUT2D eigenvalue weighted by Gasteiger charge is -2.35. The number of carbonyl (C=O) groups excluding carboxylic acids is 1. The van der Waals surface area contributed by atoms with Crippen LogP contribution in [0.15, 0.2) is 24.3 Å². The van der Waals surface area contributed by atoms with Gasteiger partial charge in [-0.3, -0.25) is 0 Å². The molecule has 1 saturated heterocycles. The van der Waals surface area contributed by atoms with Gasteiger partial charge in [-0.05, 0) is 26.0 Å². The monoisotopic (exact) mass is 239 g/mol. The second-order valence-corrected chi connectivity index (χ2v) is 4.28. The molecule has 3 nitrogen and oxygen atoms in total. The highest BCUT2D eigenvalue weighted by Gasteiger charge is 2.43. The third kappa shape index (κ3) is 1.70. The number of likely N-dealkylation sites (N-methyl/N-ethyl adjacent to an activating group) is 1. The van der Waals surface area contributed by atoms with Crippen molar-refractivity contribution in [2.24, 2.45) is 0 Å². The van der Waals surface area contributed by atoms with Crippen LogP contribution in [-0.2, 0) is 15.1 Å². The zero-order valence-corrected chi connectivity index (χ0v) is 9.88. The predicted octanol–water partition coefficient (Wildman–Crippen LogP) is 2.09. The fourth-order valence-corrected chi connectivity index (χ4v) is 2.44. The first-order valence-electron chi connectivity index (χ1n) is 5.32. The van der Waals surface area contributed by atoms with Crippen LogP contribution in [0.1, 0.15) is 18.4 Å². The van der Waals surface area contributed by atoms with Crippen molar-refractivity contribution < 1.29 is 9.53 Å². The maximum Gasteiger partial charge on any atom is 0.331 e. The van der Waals surface area contributed by atoms with E-state index < -0.39 is 5.54 Å². The average Bonchev–Trinajstić information content (AvgIpc) is 2.31. The van der Waals surface area contributed by atoms with Crippen molar-refractivity contribution in [3.8, 4) is 0 Å². The number of ether oxygens (including phenoxy) is 1. The molecule has 16 heavy (non-hydrogen) atoms. The Hall–Kier alpha value is -1.06. The van der Waals surface area contributed by atoms with E-state index in [2.05, 4.69) is 5.32 Å². The molecule has 0 spiro atoms. The van der Waals surface area contributed by atoms with E-state index in [1.54, 1.807) is 13.1 Å². The van der Waals surface area contributed by atoms with E-state index in [-0.39, 0.29) is 5.97 Å². The van der Waals surface area contributed by atoms with Crippen molar-refractivity contribution in [1.82, 2.24) is 5.32 Å². The molecule has 1 aliphatic rings. The van der Waals surface area contributed by atoms with Crippen LogP contribution in [-0.4, -0.2) is 19.6 Å². The zero-order valence-electron chi connectivity index (χ0n) is 9.13. The summed E-state index contributed by atoms with van der Waals surface area (Å²) in [6, 6.07) is 7.38. The molecular formula is C12H14ClNO2. The molecule has 0 aromatic heterocycles. The molecule has 0 unspecified atom stereocenters. The first-order valence-corrected chi connectivity index (χ1v) is 5.69. The summed E-state index contributed by atoms with van der Waals surface area (Å²) in [5, 5.41) is 3.66. The quantitative estimate of drug-likeness (QED) is 0.804. The normalized spacial score (nSPS) is 25.2. The minimum absolute atomic E-state index is 0.241. The summed E-state index contributed by atoms with van der Waals surface area (Å²) >= 11 is 6.14. The maximum absolute atomic E-state index is 12.0. The number of benzene rings is 1. The molecule has 1 aliphatic heterocycles. The van der Waals surface area contributed by atoms with Gasteiger partial charge >= 0.3 is 5.97 Å². The maximum atomic E-state index is 12.0. The molecule has 1 atom stereocenters. The number of esters is 1. The van der Waals surface area contributed by atoms with Crippen LogP contribution in [0.5, 0.6) is 0 Å². The van der Waals surface area contributed by atoms with Gasteiger partial charge in [0.25, 0.3) is 0 Å². The third-order valence-electron chi connectivity index (χ3n) is 3.04. The van der Waals surface area contributed by atoms with E-state index in [4.69, 9.17) is 16.3 Å². The standard InChI is InChI=1S/C12H14ClNO2/c1-14-12(7-4-8-16-11(12)15)9-5-2-3-6-10(9)13/h2-3,5-6,14H,4,7-8H2,1H3/t12-/m1/s1. The lowest BCUT2D eigenvalue weighted by molar-refractivity contribution is -0.157. The molecule has 0 amide bonds. The summed E-state index contributed by atoms with van der Waals surface area (Å²) in [5.74, 6) is -0.241. The number of halogens is 1. The molecule has 0 saturated carbocycles. The summed E-state index contributed by atoms with van der Waals surface area (Å²) in [5.41, 5.74) is 0.0141. The van der Waals surface area contributed by atoms with Gasteiger partial charge in [-0.15, -0.1) is 0 Å². The van der Waals surface area contributed by atoms with Crippen LogP contribution in [0.4, 0.5) is 0 Å². The SMILES string of the molecule is CN[C@@]1(c2ccccc2Cl)CCCOC1=O. The first kappa shape index (κ1) is 11.4. The topological polar surface area (TPSA) is 38.3 Å². The summed E-state index contributed by atoms with van der Waals surface area (Å²) in [6.07, 6.45) is 1.56. The Morgan fingerprint density at radius 3 is 2.81 bits per heavy atom. The predicted molar refractivity (Wildman–Crippen MR) is 62.4 cm³/mol. The molecule has 1 aromatic rings. The molecule has 0 bridgehead atoms. The molecule has 4 heteroatoms. The molecule has 86 valence electrons. The molecule has 1 fully saturated rings. The first-order chi connectivity index (χ1) is 7.70. The number of cyclic esters (lactones) is 1. The second kappa shape index (κ2) is 4.44. The molecular weight excluding hydrogens is 226 g/mol. The highest BCUT2D eigenvalue weighted by molar-refractivity contribution is 6.31. The number of rotatable bonds is 2. The Morgan fingerprint density at radius 2 is 2.19 bits per heavy atom. The Bertz CT molecular complexity index is 408. The van der Waals surface area contributed by atoms with Crippen molar-refractivity contribution in [3.05, 3.63) is 34.9 Å². The third-order valence-corrected chi connectivity index (χ3v) is 3.37. The molecule has 2 rings (SSSR count). The largest absolute Gasteiger partial charge is 0.464 e. The number of carbonyl (C=O) groups is 1. The number of nitrogens with one attached hydrogen (secondary N) is 1. The molecule has 0 radical (unpaired) electrons. The van der Waals surface area contributed by atoms with Gasteiger partial charge in [0.15, 0.2) is 0 Å². The summed E-state index contributed by atoms with van der Waals surface area (Å²) in [7, 11) is 1.76. The van der Waals surface area contributed by atoms with Crippen molar-refractivity contribution in [1.29, 1.82) is 0 Å². The van der Waals surface area contributed by atoms with Crippen LogP contribution < -0.4 is 5.32 Å². The Balaban J connectivity index is 2.48. The highest BCUT2D eigenvalue weighted by Crippen LogP contribution is 2.35. The van der Waals surface area contributed by atoms with E-state index in [0.29, 0.717) is 18.1 Å². The van der Waals surface area contributed by atoms with Crippen LogP contribution in [0.25, 0.3) is 0 Å². The van der Waals surface area contributed by atoms with E-state index in [0.717, 1.165) is 12.0 Å². The van der Waals surface area contributed by atoms with E-state index in [9.17, 15) is 4.79 Å². The van der Waals surface area contributed by atoms with Gasteiger partial charge in [-0.1, -0.05) is 29.8 Å². The minimum atomic E-state index is -0.781. The highest BCUT2D eigenvalue weighted by atomic mass is 35.5. The molecule has 0 aliphatic carbocycles. The van der Waals surface area contributed by atoms with Gasteiger partial charge in [-0.25, -0.2) is 4.79 Å². The zero-order chi connectivity index (χ0) is 11.6. The fraction of sp³-hybridized carbons (Fsp3) is 0.417. The minimum Gasteiger partial charge on any atom is -0.464 e. The number of hydrogen-bond acceptors (Lipinski definition) is 3. The van der Waals surface area contributed by atoms with Crippen molar-refractivity contribution in [2.75, 3.05) is 13.7 Å². The summed E-state index contributed by atoms with van der Waals surface area (Å²) in [4.78, 5) is 12.0. The lowest BCUT2D eigenvalue weighted by Crippen LogP contribution is -2.51. The van der Waals surface area contributed by atoms with Gasteiger partial charge in [0.1, 0.15) is 5.54 Å². The fourth-order valence-electron chi connectivity index (χ4n) is 2.14. The summed E-state index contributed by atoms with van der Waals surface area (Å²) in [6.45, 7) is 0.493. The molecule has 1 heterocycles. The van der Waals surface area contributed by atoms with Crippen molar-refractivity contribution in [2.45, 2.75) is 18.4 Å². The van der Waals surface area contributed by atoms with Crippen LogP contribution in [0.2, 0.25) is 5.02 Å². The van der Waals surface area contributed by atoms with E-state index >= 15 is 0 Å². The van der Waals surface area contributed by atoms with E-state index in [1.165, 1.54) is 0 Å². The van der Waals surface area contributed by atoms with Crippen LogP contribution >= 0.6 is 11.6 Å². The Kier molecular flexibility index (Phi) is 3.17. The molecule has 1 aromatic carbocycles. The van der Waals surface area contributed by atoms with Crippen LogP contribution in [0, 0.1) is 0 Å².